The third-order valence-electron chi connectivity index (χ3n) is 3.64. The maximum atomic E-state index is 11.3. The largest absolute Gasteiger partial charge is 0.297 e. The van der Waals surface area contributed by atoms with E-state index in [4.69, 9.17) is 16.9 Å². The molecule has 1 saturated heterocycles. The van der Waals surface area contributed by atoms with Crippen LogP contribution in [-0.4, -0.2) is 23.8 Å². The van der Waals surface area contributed by atoms with Gasteiger partial charge in [-0.15, -0.1) is 0 Å². The summed E-state index contributed by atoms with van der Waals surface area (Å²) in [5, 5.41) is 9.75. The molecule has 0 amide bonds. The highest BCUT2D eigenvalue weighted by Crippen LogP contribution is 2.32. The molecule has 104 valence electrons. The summed E-state index contributed by atoms with van der Waals surface area (Å²) in [6.07, 6.45) is 0. The average molecular weight is 297 g/mol. The van der Waals surface area contributed by atoms with E-state index in [1.54, 1.807) is 6.07 Å². The van der Waals surface area contributed by atoms with Gasteiger partial charge in [0.15, 0.2) is 5.78 Å². The van der Waals surface area contributed by atoms with Gasteiger partial charge in [-0.2, -0.15) is 5.26 Å². The number of ketones is 1. The zero-order valence-corrected chi connectivity index (χ0v) is 12.0. The van der Waals surface area contributed by atoms with Crippen LogP contribution in [0.2, 0.25) is 5.02 Å². The summed E-state index contributed by atoms with van der Waals surface area (Å²) >= 11 is 5.95. The minimum absolute atomic E-state index is 0.0201. The van der Waals surface area contributed by atoms with Crippen LogP contribution in [0.3, 0.4) is 0 Å². The number of halogens is 1. The molecule has 0 radical (unpaired) electrons. The summed E-state index contributed by atoms with van der Waals surface area (Å²) in [6, 6.07) is 17.3. The Morgan fingerprint density at radius 1 is 1.10 bits per heavy atom. The van der Waals surface area contributed by atoms with Crippen molar-refractivity contribution in [2.24, 2.45) is 0 Å². The maximum Gasteiger partial charge on any atom is 0.160 e. The molecule has 3 rings (SSSR count). The first kappa shape index (κ1) is 13.8. The van der Waals surface area contributed by atoms with Gasteiger partial charge in [0.1, 0.15) is 0 Å². The zero-order valence-electron chi connectivity index (χ0n) is 11.3. The summed E-state index contributed by atoms with van der Waals surface area (Å²) in [7, 11) is 0. The molecule has 1 atom stereocenters. The monoisotopic (exact) mass is 296 g/mol. The number of Topliss-reactive ketones (excluding diaryl/α,β-unsaturated/α-hetero) is 1. The molecule has 21 heavy (non-hydrogen) atoms. The molecule has 0 saturated carbocycles. The second kappa shape index (κ2) is 5.69. The van der Waals surface area contributed by atoms with Crippen LogP contribution >= 0.6 is 11.6 Å². The highest BCUT2D eigenvalue weighted by Gasteiger charge is 2.32. The van der Waals surface area contributed by atoms with Crippen molar-refractivity contribution < 1.29 is 4.79 Å². The fourth-order valence-electron chi connectivity index (χ4n) is 2.63. The molecule has 0 bridgehead atoms. The van der Waals surface area contributed by atoms with Crippen LogP contribution < -0.4 is 0 Å². The van der Waals surface area contributed by atoms with Gasteiger partial charge in [0.25, 0.3) is 0 Å². The van der Waals surface area contributed by atoms with Gasteiger partial charge < -0.3 is 0 Å². The number of nitrogens with zero attached hydrogens (tertiary/aromatic N) is 2. The standard InChI is InChI=1S/C17H13ClN2O/c18-15-6-4-13(5-7-15)17(20-10-16(21)11-20)14-3-1-2-12(8-14)9-19/h1-8,17H,10-11H2/t17-/m0/s1. The Morgan fingerprint density at radius 3 is 2.43 bits per heavy atom. The van der Waals surface area contributed by atoms with Gasteiger partial charge in [-0.1, -0.05) is 35.9 Å². The van der Waals surface area contributed by atoms with Gasteiger partial charge in [-0.3, -0.25) is 9.69 Å². The smallest absolute Gasteiger partial charge is 0.160 e. The summed E-state index contributed by atoms with van der Waals surface area (Å²) < 4.78 is 0. The zero-order chi connectivity index (χ0) is 14.8. The predicted molar refractivity (Wildman–Crippen MR) is 81.0 cm³/mol. The summed E-state index contributed by atoms with van der Waals surface area (Å²) in [5.41, 5.74) is 2.71. The van der Waals surface area contributed by atoms with Crippen LogP contribution in [-0.2, 0) is 4.79 Å². The van der Waals surface area contributed by atoms with Gasteiger partial charge in [-0.05, 0) is 35.4 Å². The lowest BCUT2D eigenvalue weighted by molar-refractivity contribution is -0.130. The molecule has 2 aromatic rings. The van der Waals surface area contributed by atoms with E-state index >= 15 is 0 Å². The maximum absolute atomic E-state index is 11.3. The van der Waals surface area contributed by atoms with E-state index in [1.807, 2.05) is 42.5 Å². The topological polar surface area (TPSA) is 44.1 Å². The van der Waals surface area contributed by atoms with E-state index < -0.39 is 0 Å². The van der Waals surface area contributed by atoms with E-state index in [-0.39, 0.29) is 11.8 Å². The fraction of sp³-hybridized carbons (Fsp3) is 0.176. The van der Waals surface area contributed by atoms with Gasteiger partial charge in [0, 0.05) is 5.02 Å². The Bertz CT molecular complexity index is 710. The first-order valence-electron chi connectivity index (χ1n) is 6.68. The number of likely N-dealkylation sites (tertiary alicyclic amines) is 1. The number of rotatable bonds is 3. The van der Waals surface area contributed by atoms with E-state index in [0.29, 0.717) is 23.7 Å². The Hall–Kier alpha value is -2.15. The lowest BCUT2D eigenvalue weighted by Crippen LogP contribution is -2.49. The third-order valence-corrected chi connectivity index (χ3v) is 3.89. The Labute approximate surface area is 128 Å². The number of carbonyl (C=O) groups is 1. The molecule has 0 spiro atoms. The highest BCUT2D eigenvalue weighted by atomic mass is 35.5. The molecule has 1 aliphatic heterocycles. The lowest BCUT2D eigenvalue weighted by Gasteiger charge is -2.37. The van der Waals surface area contributed by atoms with E-state index in [2.05, 4.69) is 11.0 Å². The van der Waals surface area contributed by atoms with Gasteiger partial charge in [-0.25, -0.2) is 0 Å². The number of hydrogen-bond acceptors (Lipinski definition) is 3. The van der Waals surface area contributed by atoms with Crippen LogP contribution in [0.5, 0.6) is 0 Å². The van der Waals surface area contributed by atoms with E-state index in [9.17, 15) is 4.79 Å². The second-order valence-corrected chi connectivity index (χ2v) is 5.57. The number of carbonyl (C=O) groups excluding carboxylic acids is 1. The molecule has 0 aliphatic carbocycles. The molecule has 1 aliphatic rings. The van der Waals surface area contributed by atoms with E-state index in [1.165, 1.54) is 0 Å². The van der Waals surface area contributed by atoms with Crippen molar-refractivity contribution in [3.05, 3.63) is 70.2 Å². The lowest BCUT2D eigenvalue weighted by atomic mass is 9.93. The van der Waals surface area contributed by atoms with Crippen LogP contribution in [0, 0.1) is 11.3 Å². The summed E-state index contributed by atoms with van der Waals surface area (Å²) in [5.74, 6) is 0.241. The minimum Gasteiger partial charge on any atom is -0.297 e. The molecular weight excluding hydrogens is 284 g/mol. The molecular formula is C17H13ClN2O. The molecule has 0 aromatic heterocycles. The Kier molecular flexibility index (Phi) is 3.74. The first-order chi connectivity index (χ1) is 10.2. The summed E-state index contributed by atoms with van der Waals surface area (Å²) in [4.78, 5) is 13.4. The van der Waals surface area contributed by atoms with Crippen molar-refractivity contribution in [2.45, 2.75) is 6.04 Å². The van der Waals surface area contributed by atoms with Crippen molar-refractivity contribution >= 4 is 17.4 Å². The van der Waals surface area contributed by atoms with Crippen molar-refractivity contribution in [3.63, 3.8) is 0 Å². The SMILES string of the molecule is N#Cc1cccc([C@H](c2ccc(Cl)cc2)N2CC(=O)C2)c1. The van der Waals surface area contributed by atoms with Gasteiger partial charge in [0.05, 0.1) is 30.8 Å². The second-order valence-electron chi connectivity index (χ2n) is 5.14. The molecule has 2 aromatic carbocycles. The van der Waals surface area contributed by atoms with Crippen LogP contribution in [0.25, 0.3) is 0 Å². The molecule has 4 heteroatoms. The van der Waals surface area contributed by atoms with Crippen molar-refractivity contribution in [1.82, 2.24) is 4.90 Å². The van der Waals surface area contributed by atoms with Crippen LogP contribution in [0.15, 0.2) is 48.5 Å². The van der Waals surface area contributed by atoms with Crippen molar-refractivity contribution in [2.75, 3.05) is 13.1 Å². The van der Waals surface area contributed by atoms with E-state index in [0.717, 1.165) is 11.1 Å². The first-order valence-corrected chi connectivity index (χ1v) is 7.06. The fourth-order valence-corrected chi connectivity index (χ4v) is 2.75. The third kappa shape index (κ3) is 2.82. The molecule has 0 unspecified atom stereocenters. The minimum atomic E-state index is -0.0201. The summed E-state index contributed by atoms with van der Waals surface area (Å²) in [6.45, 7) is 0.897. The molecule has 0 N–H and O–H groups in total. The van der Waals surface area contributed by atoms with Crippen molar-refractivity contribution in [1.29, 1.82) is 5.26 Å². The Morgan fingerprint density at radius 2 is 1.81 bits per heavy atom. The van der Waals surface area contributed by atoms with Crippen LogP contribution in [0.4, 0.5) is 0 Å². The number of benzene rings is 2. The number of nitriles is 1. The highest BCUT2D eigenvalue weighted by molar-refractivity contribution is 6.30. The Balaban J connectivity index is 2.01. The molecule has 1 fully saturated rings. The normalized spacial score (nSPS) is 16.1. The predicted octanol–water partition coefficient (Wildman–Crippen LogP) is 3.19. The number of hydrogen-bond donors (Lipinski definition) is 0. The quantitative estimate of drug-likeness (QED) is 0.874. The van der Waals surface area contributed by atoms with Gasteiger partial charge >= 0.3 is 0 Å². The van der Waals surface area contributed by atoms with Crippen LogP contribution in [0.1, 0.15) is 22.7 Å². The molecule has 3 nitrogen and oxygen atoms in total. The van der Waals surface area contributed by atoms with Crippen molar-refractivity contribution in [3.8, 4) is 6.07 Å². The molecule has 1 heterocycles. The van der Waals surface area contributed by atoms with Gasteiger partial charge in [0.2, 0.25) is 0 Å². The average Bonchev–Trinajstić information content (AvgIpc) is 2.48.